The van der Waals surface area contributed by atoms with Crippen LogP contribution in [0.4, 0.5) is 11.4 Å². The van der Waals surface area contributed by atoms with Gasteiger partial charge in [-0.1, -0.05) is 6.07 Å². The number of thiocarbonyl (C=S) groups is 1. The van der Waals surface area contributed by atoms with Crippen molar-refractivity contribution in [2.45, 2.75) is 71.3 Å². The number of hydrogen-bond acceptors (Lipinski definition) is 5. The fourth-order valence-corrected chi connectivity index (χ4v) is 8.50. The summed E-state index contributed by atoms with van der Waals surface area (Å²) in [4.78, 5) is 32.8. The number of carbonyl (C=O) groups excluding carboxylic acids is 2. The SMILES string of the molecule is [C-]#[N+]c1ccc(N2C(=O)C(C)(C)N(CCOCCOCCNC(=O)CC34CC5CC(CC(C5)C3)C4)C2=S)cc1C. The summed E-state index contributed by atoms with van der Waals surface area (Å²) in [6.07, 6.45) is 8.63. The van der Waals surface area contributed by atoms with Crippen LogP contribution in [0.25, 0.3) is 4.85 Å². The minimum Gasteiger partial charge on any atom is -0.377 e. The van der Waals surface area contributed by atoms with E-state index in [1.807, 2.05) is 31.7 Å². The third kappa shape index (κ3) is 5.90. The first-order valence-corrected chi connectivity index (χ1v) is 15.1. The highest BCUT2D eigenvalue weighted by Crippen LogP contribution is 2.61. The van der Waals surface area contributed by atoms with E-state index in [0.717, 1.165) is 23.3 Å². The Labute approximate surface area is 243 Å². The minimum atomic E-state index is -0.794. The molecule has 1 N–H and O–H groups in total. The summed E-state index contributed by atoms with van der Waals surface area (Å²) in [6, 6.07) is 5.32. The maximum Gasteiger partial charge on any atom is 0.258 e. The molecule has 0 spiro atoms. The number of nitrogens with one attached hydrogen (secondary N) is 1. The number of benzene rings is 1. The van der Waals surface area contributed by atoms with Gasteiger partial charge in [0.2, 0.25) is 5.91 Å². The Morgan fingerprint density at radius 3 is 2.30 bits per heavy atom. The quantitative estimate of drug-likeness (QED) is 0.218. The smallest absolute Gasteiger partial charge is 0.258 e. The van der Waals surface area contributed by atoms with Gasteiger partial charge in [0.15, 0.2) is 10.8 Å². The molecule has 5 aliphatic rings. The van der Waals surface area contributed by atoms with Crippen LogP contribution in [0.1, 0.15) is 64.4 Å². The van der Waals surface area contributed by atoms with Gasteiger partial charge in [-0.25, -0.2) is 4.85 Å². The standard InChI is InChI=1S/C31H42N4O4S/c1-21-13-25(5-6-26(21)32-4)35-28(37)30(2,3)34(29(35)40)8-10-39-12-11-38-9-7-33-27(36)20-31-17-22-14-23(18-31)16-24(15-22)19-31/h5-6,13,22-24H,7-12,14-20H2,1-3H3,(H,33,36). The lowest BCUT2D eigenvalue weighted by Gasteiger charge is -2.56. The van der Waals surface area contributed by atoms with Crippen molar-refractivity contribution in [1.82, 2.24) is 10.2 Å². The van der Waals surface area contributed by atoms with Crippen LogP contribution in [-0.4, -0.2) is 66.9 Å². The Morgan fingerprint density at radius 1 is 1.07 bits per heavy atom. The van der Waals surface area contributed by atoms with Crippen LogP contribution >= 0.6 is 12.2 Å². The molecule has 0 atom stereocenters. The maximum absolute atomic E-state index is 13.2. The molecule has 0 radical (unpaired) electrons. The minimum absolute atomic E-state index is 0.0963. The van der Waals surface area contributed by atoms with Crippen LogP contribution in [0.2, 0.25) is 0 Å². The maximum atomic E-state index is 13.2. The molecule has 4 saturated carbocycles. The molecule has 216 valence electrons. The summed E-state index contributed by atoms with van der Waals surface area (Å²) >= 11 is 5.68. The molecular formula is C31H42N4O4S. The Morgan fingerprint density at radius 2 is 1.70 bits per heavy atom. The zero-order chi connectivity index (χ0) is 28.5. The normalized spacial score (nSPS) is 28.3. The van der Waals surface area contributed by atoms with Crippen molar-refractivity contribution in [1.29, 1.82) is 0 Å². The number of aryl methyl sites for hydroxylation is 1. The Kier molecular flexibility index (Phi) is 8.51. The summed E-state index contributed by atoms with van der Waals surface area (Å²) < 4.78 is 11.4. The largest absolute Gasteiger partial charge is 0.377 e. The molecular weight excluding hydrogens is 524 g/mol. The average molecular weight is 567 g/mol. The molecule has 2 amide bonds. The van der Waals surface area contributed by atoms with Gasteiger partial charge in [0.25, 0.3) is 5.91 Å². The van der Waals surface area contributed by atoms with E-state index in [2.05, 4.69) is 10.2 Å². The first-order valence-electron chi connectivity index (χ1n) is 14.7. The Bertz CT molecular complexity index is 1160. The van der Waals surface area contributed by atoms with Crippen LogP contribution < -0.4 is 10.2 Å². The molecule has 1 heterocycles. The fourth-order valence-electron chi connectivity index (χ4n) is 7.99. The summed E-state index contributed by atoms with van der Waals surface area (Å²) in [6.45, 7) is 15.6. The highest BCUT2D eigenvalue weighted by molar-refractivity contribution is 7.80. The van der Waals surface area contributed by atoms with E-state index in [9.17, 15) is 9.59 Å². The van der Waals surface area contributed by atoms with Gasteiger partial charge >= 0.3 is 0 Å². The van der Waals surface area contributed by atoms with Crippen LogP contribution in [0, 0.1) is 36.7 Å². The third-order valence-electron chi connectivity index (χ3n) is 9.48. The predicted octanol–water partition coefficient (Wildman–Crippen LogP) is 5.01. The fraction of sp³-hybridized carbons (Fsp3) is 0.677. The van der Waals surface area contributed by atoms with E-state index in [1.165, 1.54) is 38.5 Å². The lowest BCUT2D eigenvalue weighted by molar-refractivity contribution is -0.129. The van der Waals surface area contributed by atoms with Crippen molar-refractivity contribution in [2.75, 3.05) is 44.4 Å². The lowest BCUT2D eigenvalue weighted by Crippen LogP contribution is -2.48. The molecule has 4 bridgehead atoms. The second kappa shape index (κ2) is 11.8. The van der Waals surface area contributed by atoms with E-state index in [0.29, 0.717) is 62.4 Å². The zero-order valence-corrected chi connectivity index (χ0v) is 24.9. The second-order valence-electron chi connectivity index (χ2n) is 12.9. The van der Waals surface area contributed by atoms with Gasteiger partial charge in [-0.15, -0.1) is 0 Å². The molecule has 5 fully saturated rings. The predicted molar refractivity (Wildman–Crippen MR) is 158 cm³/mol. The van der Waals surface area contributed by atoms with E-state index in [4.69, 9.17) is 28.3 Å². The van der Waals surface area contributed by atoms with Crippen LogP contribution in [0.5, 0.6) is 0 Å². The summed E-state index contributed by atoms with van der Waals surface area (Å²) in [5, 5.41) is 3.50. The van der Waals surface area contributed by atoms with E-state index >= 15 is 0 Å². The van der Waals surface area contributed by atoms with Gasteiger partial charge in [-0.2, -0.15) is 0 Å². The van der Waals surface area contributed by atoms with Gasteiger partial charge in [0.05, 0.1) is 33.0 Å². The number of hydrogen-bond donors (Lipinski definition) is 1. The number of amides is 2. The molecule has 1 aromatic rings. The number of nitrogens with zero attached hydrogens (tertiary/aromatic N) is 3. The van der Waals surface area contributed by atoms with Crippen molar-refractivity contribution in [3.8, 4) is 0 Å². The lowest BCUT2D eigenvalue weighted by atomic mass is 9.49. The highest BCUT2D eigenvalue weighted by atomic mass is 32.1. The average Bonchev–Trinajstić information content (AvgIpc) is 3.05. The van der Waals surface area contributed by atoms with Gasteiger partial charge in [-0.3, -0.25) is 14.5 Å². The van der Waals surface area contributed by atoms with Crippen LogP contribution in [0.3, 0.4) is 0 Å². The molecule has 0 unspecified atom stereocenters. The number of rotatable bonds is 12. The number of anilines is 1. The van der Waals surface area contributed by atoms with Crippen molar-refractivity contribution < 1.29 is 19.1 Å². The molecule has 1 aliphatic heterocycles. The zero-order valence-electron chi connectivity index (χ0n) is 24.0. The Hall–Kier alpha value is -2.54. The summed E-state index contributed by atoms with van der Waals surface area (Å²) in [5.74, 6) is 2.66. The van der Waals surface area contributed by atoms with Crippen molar-refractivity contribution in [3.63, 3.8) is 0 Å². The van der Waals surface area contributed by atoms with E-state index < -0.39 is 5.54 Å². The van der Waals surface area contributed by atoms with Crippen molar-refractivity contribution in [2.24, 2.45) is 23.2 Å². The molecule has 9 heteroatoms. The molecule has 8 nitrogen and oxygen atoms in total. The second-order valence-corrected chi connectivity index (χ2v) is 13.3. The topological polar surface area (TPSA) is 75.5 Å². The van der Waals surface area contributed by atoms with Gasteiger partial charge in [0, 0.05) is 25.2 Å². The monoisotopic (exact) mass is 566 g/mol. The van der Waals surface area contributed by atoms with Crippen LogP contribution in [0.15, 0.2) is 18.2 Å². The third-order valence-corrected chi connectivity index (χ3v) is 9.89. The van der Waals surface area contributed by atoms with E-state index in [1.54, 1.807) is 17.0 Å². The van der Waals surface area contributed by atoms with Gasteiger partial charge in [0.1, 0.15) is 5.54 Å². The van der Waals surface area contributed by atoms with Crippen molar-refractivity contribution in [3.05, 3.63) is 35.2 Å². The summed E-state index contributed by atoms with van der Waals surface area (Å²) in [5.41, 5.74) is 1.52. The molecule has 1 aromatic carbocycles. The van der Waals surface area contributed by atoms with Crippen molar-refractivity contribution >= 4 is 40.5 Å². The van der Waals surface area contributed by atoms with Gasteiger partial charge < -0.3 is 19.7 Å². The summed E-state index contributed by atoms with van der Waals surface area (Å²) in [7, 11) is 0. The molecule has 40 heavy (non-hydrogen) atoms. The number of carbonyl (C=O) groups is 2. The molecule has 6 rings (SSSR count). The number of ether oxygens (including phenoxy) is 2. The van der Waals surface area contributed by atoms with Gasteiger partial charge in [-0.05, 0) is 112 Å². The molecule has 4 aliphatic carbocycles. The first-order chi connectivity index (χ1) is 19.1. The first kappa shape index (κ1) is 29.0. The molecule has 0 aromatic heterocycles. The Balaban J connectivity index is 0.974. The highest BCUT2D eigenvalue weighted by Gasteiger charge is 2.51. The van der Waals surface area contributed by atoms with E-state index in [-0.39, 0.29) is 17.2 Å². The molecule has 1 saturated heterocycles. The van der Waals surface area contributed by atoms with Crippen LogP contribution in [-0.2, 0) is 19.1 Å².